The van der Waals surface area contributed by atoms with Crippen molar-refractivity contribution in [3.8, 4) is 23.0 Å². The summed E-state index contributed by atoms with van der Waals surface area (Å²) in [7, 11) is -1.43. The first-order valence-electron chi connectivity index (χ1n) is 9.87. The summed E-state index contributed by atoms with van der Waals surface area (Å²) in [6.07, 6.45) is 1.69. The summed E-state index contributed by atoms with van der Waals surface area (Å²) < 4.78 is 33.0. The molecule has 0 saturated heterocycles. The summed E-state index contributed by atoms with van der Waals surface area (Å²) in [5, 5.41) is 0. The first kappa shape index (κ1) is 26.3. The molecule has 0 aromatic heterocycles. The van der Waals surface area contributed by atoms with Crippen LogP contribution < -0.4 is 53.0 Å². The zero-order valence-corrected chi connectivity index (χ0v) is 22.0. The molecule has 0 aliphatic rings. The van der Waals surface area contributed by atoms with Gasteiger partial charge in [-0.15, -0.1) is 0 Å². The van der Waals surface area contributed by atoms with E-state index in [4.69, 9.17) is 18.5 Å². The molecular formula is C24H26NaO6P. The molecular weight excluding hydrogens is 438 g/mol. The van der Waals surface area contributed by atoms with Crippen LogP contribution in [0, 0.1) is 13.8 Å². The van der Waals surface area contributed by atoms with Crippen LogP contribution in [-0.2, 0) is 17.4 Å². The molecule has 8 heteroatoms. The second-order valence-corrected chi connectivity index (χ2v) is 8.47. The standard InChI is InChI=1S/C24H27O6P.Na/c1-17-15-20(6-5-19-7-9-21(27-3)10-8-19)16-18(2)24(17)30-31(25,26)29-23-13-11-22(28-4)12-14-23;/h7-16H,5-6H2,1-4H3,(H,25,26);/q;+1/p-1. The molecule has 0 heterocycles. The summed E-state index contributed by atoms with van der Waals surface area (Å²) in [6, 6.07) is 18.1. The molecule has 0 fully saturated rings. The Bertz CT molecular complexity index is 1040. The maximum absolute atomic E-state index is 12.4. The van der Waals surface area contributed by atoms with Gasteiger partial charge in [0.1, 0.15) is 23.0 Å². The van der Waals surface area contributed by atoms with E-state index in [9.17, 15) is 9.46 Å². The van der Waals surface area contributed by atoms with Gasteiger partial charge in [0.05, 0.1) is 14.2 Å². The van der Waals surface area contributed by atoms with Crippen molar-refractivity contribution in [1.82, 2.24) is 0 Å². The minimum Gasteiger partial charge on any atom is -0.736 e. The van der Waals surface area contributed by atoms with E-state index < -0.39 is 7.82 Å². The topological polar surface area (TPSA) is 77.1 Å². The molecule has 164 valence electrons. The maximum atomic E-state index is 12.4. The molecule has 1 unspecified atom stereocenters. The average Bonchev–Trinajstić information content (AvgIpc) is 2.75. The van der Waals surface area contributed by atoms with Crippen molar-refractivity contribution in [2.24, 2.45) is 0 Å². The summed E-state index contributed by atoms with van der Waals surface area (Å²) in [5.74, 6) is 1.88. The van der Waals surface area contributed by atoms with E-state index in [1.165, 1.54) is 24.8 Å². The second-order valence-electron chi connectivity index (χ2n) is 7.21. The minimum atomic E-state index is -4.60. The zero-order valence-electron chi connectivity index (χ0n) is 19.1. The van der Waals surface area contributed by atoms with Crippen molar-refractivity contribution in [1.29, 1.82) is 0 Å². The van der Waals surface area contributed by atoms with Gasteiger partial charge in [-0.05, 0) is 85.3 Å². The molecule has 3 aromatic rings. The molecule has 32 heavy (non-hydrogen) atoms. The molecule has 1 atom stereocenters. The second kappa shape index (κ2) is 11.8. The molecule has 3 rings (SSSR count). The Labute approximate surface area is 211 Å². The van der Waals surface area contributed by atoms with Gasteiger partial charge in [0.15, 0.2) is 0 Å². The number of benzene rings is 3. The molecule has 0 N–H and O–H groups in total. The predicted octanol–water partition coefficient (Wildman–Crippen LogP) is 2.04. The summed E-state index contributed by atoms with van der Waals surface area (Å²) in [4.78, 5) is 12.4. The Morgan fingerprint density at radius 2 is 1.16 bits per heavy atom. The van der Waals surface area contributed by atoms with Crippen LogP contribution in [0.3, 0.4) is 0 Å². The third-order valence-electron chi connectivity index (χ3n) is 4.86. The van der Waals surface area contributed by atoms with Gasteiger partial charge in [0.25, 0.3) is 0 Å². The molecule has 3 aromatic carbocycles. The van der Waals surface area contributed by atoms with E-state index in [2.05, 4.69) is 0 Å². The van der Waals surface area contributed by atoms with Crippen molar-refractivity contribution in [3.63, 3.8) is 0 Å². The van der Waals surface area contributed by atoms with Gasteiger partial charge in [-0.2, -0.15) is 0 Å². The summed E-state index contributed by atoms with van der Waals surface area (Å²) in [5.41, 5.74) is 3.78. The Morgan fingerprint density at radius 3 is 1.66 bits per heavy atom. The first-order chi connectivity index (χ1) is 14.8. The molecule has 0 spiro atoms. The summed E-state index contributed by atoms with van der Waals surface area (Å²) >= 11 is 0. The number of aryl methyl sites for hydroxylation is 4. The van der Waals surface area contributed by atoms with Crippen molar-refractivity contribution in [2.45, 2.75) is 26.7 Å². The van der Waals surface area contributed by atoms with Gasteiger partial charge in [0.2, 0.25) is 0 Å². The largest absolute Gasteiger partial charge is 1.00 e. The van der Waals surface area contributed by atoms with Gasteiger partial charge in [-0.25, -0.2) is 4.57 Å². The smallest absolute Gasteiger partial charge is 0.736 e. The van der Waals surface area contributed by atoms with Crippen molar-refractivity contribution >= 4 is 7.82 Å². The number of methoxy groups -OCH3 is 2. The molecule has 0 saturated carbocycles. The Balaban J connectivity index is 0.00000363. The van der Waals surface area contributed by atoms with Crippen LogP contribution in [0.25, 0.3) is 0 Å². The number of ether oxygens (including phenoxy) is 2. The predicted molar refractivity (Wildman–Crippen MR) is 118 cm³/mol. The number of phosphoric acid groups is 1. The number of hydrogen-bond donors (Lipinski definition) is 0. The molecule has 0 aliphatic heterocycles. The van der Waals surface area contributed by atoms with Gasteiger partial charge in [0, 0.05) is 0 Å². The molecule has 0 radical (unpaired) electrons. The van der Waals surface area contributed by atoms with Crippen molar-refractivity contribution in [2.75, 3.05) is 14.2 Å². The third kappa shape index (κ3) is 7.29. The fraction of sp³-hybridized carbons (Fsp3) is 0.250. The van der Waals surface area contributed by atoms with E-state index in [0.29, 0.717) is 11.5 Å². The van der Waals surface area contributed by atoms with E-state index >= 15 is 0 Å². The van der Waals surface area contributed by atoms with Gasteiger partial charge >= 0.3 is 37.4 Å². The van der Waals surface area contributed by atoms with E-state index in [1.54, 1.807) is 19.2 Å². The fourth-order valence-corrected chi connectivity index (χ4v) is 4.23. The van der Waals surface area contributed by atoms with Gasteiger partial charge in [-0.1, -0.05) is 24.3 Å². The van der Waals surface area contributed by atoms with Crippen LogP contribution in [0.2, 0.25) is 0 Å². The maximum Gasteiger partial charge on any atom is 1.00 e. The summed E-state index contributed by atoms with van der Waals surface area (Å²) in [6.45, 7) is 3.65. The monoisotopic (exact) mass is 464 g/mol. The number of phosphoric ester groups is 1. The van der Waals surface area contributed by atoms with Crippen LogP contribution in [0.5, 0.6) is 23.0 Å². The van der Waals surface area contributed by atoms with Crippen LogP contribution in [-0.4, -0.2) is 14.2 Å². The normalized spacial score (nSPS) is 12.3. The molecule has 0 amide bonds. The Hall–Kier alpha value is -1.95. The average molecular weight is 464 g/mol. The van der Waals surface area contributed by atoms with Crippen LogP contribution in [0.15, 0.2) is 60.7 Å². The molecule has 0 bridgehead atoms. The number of hydrogen-bond acceptors (Lipinski definition) is 6. The zero-order chi connectivity index (χ0) is 22.4. The SMILES string of the molecule is COc1ccc(CCc2cc(C)c(OP(=O)([O-])Oc3ccc(OC)cc3)c(C)c2)cc1.[Na+]. The minimum absolute atomic E-state index is 0. The number of rotatable bonds is 9. The first-order valence-corrected chi connectivity index (χ1v) is 11.3. The van der Waals surface area contributed by atoms with Crippen molar-refractivity contribution in [3.05, 3.63) is 82.9 Å². The van der Waals surface area contributed by atoms with Crippen LogP contribution in [0.1, 0.15) is 22.3 Å². The molecule has 6 nitrogen and oxygen atoms in total. The third-order valence-corrected chi connectivity index (χ3v) is 5.70. The van der Waals surface area contributed by atoms with Gasteiger partial charge in [-0.3, -0.25) is 0 Å². The van der Waals surface area contributed by atoms with E-state index in [0.717, 1.165) is 35.3 Å². The van der Waals surface area contributed by atoms with E-state index in [1.807, 2.05) is 50.2 Å². The quantitative estimate of drug-likeness (QED) is 0.356. The van der Waals surface area contributed by atoms with Crippen LogP contribution >= 0.6 is 7.82 Å². The Morgan fingerprint density at radius 1 is 0.719 bits per heavy atom. The Kier molecular flexibility index (Phi) is 9.68. The van der Waals surface area contributed by atoms with Gasteiger partial charge < -0.3 is 23.4 Å². The van der Waals surface area contributed by atoms with E-state index in [-0.39, 0.29) is 35.3 Å². The van der Waals surface area contributed by atoms with Crippen molar-refractivity contribution < 1.29 is 57.5 Å². The molecule has 0 aliphatic carbocycles. The fourth-order valence-electron chi connectivity index (χ4n) is 3.31. The van der Waals surface area contributed by atoms with Crippen LogP contribution in [0.4, 0.5) is 0 Å².